The molecule has 0 aromatic carbocycles. The summed E-state index contributed by atoms with van der Waals surface area (Å²) < 4.78 is 11.0. The van der Waals surface area contributed by atoms with Gasteiger partial charge in [0.1, 0.15) is 12.3 Å². The topological polar surface area (TPSA) is 40.3 Å². The number of likely N-dealkylation sites (tertiary alicyclic amines) is 1. The molecule has 16 heavy (non-hydrogen) atoms. The molecule has 3 aliphatic heterocycles. The van der Waals surface area contributed by atoms with Crippen molar-refractivity contribution < 1.29 is 9.47 Å². The molecule has 1 N–H and O–H groups in total. The maximum Gasteiger partial charge on any atom is 0.136 e. The van der Waals surface area contributed by atoms with Crippen LogP contribution in [0.4, 0.5) is 0 Å². The van der Waals surface area contributed by atoms with Gasteiger partial charge in [-0.2, -0.15) is 0 Å². The van der Waals surface area contributed by atoms with Gasteiger partial charge in [-0.05, 0) is 7.05 Å². The zero-order chi connectivity index (χ0) is 11.0. The number of nitrogens with one attached hydrogen (secondary N) is 1. The van der Waals surface area contributed by atoms with E-state index in [9.17, 15) is 0 Å². The van der Waals surface area contributed by atoms with Crippen LogP contribution in [0.5, 0.6) is 0 Å². The van der Waals surface area contributed by atoms with Crippen LogP contribution in [0.1, 0.15) is 0 Å². The first-order chi connectivity index (χ1) is 7.81. The molecule has 92 valence electrons. The molecule has 2 atom stereocenters. The van der Waals surface area contributed by atoms with E-state index >= 15 is 0 Å². The average Bonchev–Trinajstić information content (AvgIpc) is 2.96. The van der Waals surface area contributed by atoms with Crippen molar-refractivity contribution in [1.82, 2.24) is 15.1 Å². The monoisotopic (exact) mass is 227 g/mol. The van der Waals surface area contributed by atoms with E-state index in [0.29, 0.717) is 18.4 Å². The molecule has 0 aromatic heterocycles. The third kappa shape index (κ3) is 2.55. The van der Waals surface area contributed by atoms with E-state index in [0.717, 1.165) is 45.9 Å². The quantitative estimate of drug-likeness (QED) is 0.620. The number of nitrogens with zero attached hydrogens (tertiary/aromatic N) is 2. The maximum absolute atomic E-state index is 5.65. The first-order valence-corrected chi connectivity index (χ1v) is 6.21. The van der Waals surface area contributed by atoms with E-state index in [-0.39, 0.29) is 0 Å². The second-order valence-electron chi connectivity index (χ2n) is 5.09. The Hall–Kier alpha value is -0.200. The number of hydrogen-bond donors (Lipinski definition) is 1. The molecule has 3 aliphatic rings. The molecule has 0 aromatic rings. The van der Waals surface area contributed by atoms with Crippen LogP contribution in [-0.4, -0.2) is 81.2 Å². The zero-order valence-corrected chi connectivity index (χ0v) is 9.89. The molecule has 3 rings (SSSR count). The number of likely N-dealkylation sites (N-methyl/N-ethyl adjacent to an activating group) is 1. The van der Waals surface area contributed by atoms with E-state index in [1.807, 2.05) is 0 Å². The SMILES string of the molecule is CN1CC(NC2OC2CN2CCOCC2)C1. The second-order valence-corrected chi connectivity index (χ2v) is 5.09. The maximum atomic E-state index is 5.65. The molecule has 3 fully saturated rings. The van der Waals surface area contributed by atoms with Gasteiger partial charge in [0.05, 0.1) is 13.2 Å². The minimum absolute atomic E-state index is 0.307. The molecule has 5 nitrogen and oxygen atoms in total. The fraction of sp³-hybridized carbons (Fsp3) is 1.00. The molecule has 2 unspecified atom stereocenters. The van der Waals surface area contributed by atoms with Gasteiger partial charge >= 0.3 is 0 Å². The molecule has 3 heterocycles. The van der Waals surface area contributed by atoms with E-state index in [4.69, 9.17) is 9.47 Å². The summed E-state index contributed by atoms with van der Waals surface area (Å²) in [7, 11) is 2.15. The zero-order valence-electron chi connectivity index (χ0n) is 9.89. The summed E-state index contributed by atoms with van der Waals surface area (Å²) in [5.74, 6) is 0. The van der Waals surface area contributed by atoms with Crippen molar-refractivity contribution >= 4 is 0 Å². The Morgan fingerprint density at radius 3 is 2.69 bits per heavy atom. The van der Waals surface area contributed by atoms with Gasteiger partial charge in [-0.25, -0.2) is 0 Å². The minimum Gasteiger partial charge on any atom is -0.379 e. The van der Waals surface area contributed by atoms with E-state index in [1.165, 1.54) is 0 Å². The standard InChI is InChI=1S/C11H21N3O2/c1-13-6-9(7-13)12-11-10(16-11)8-14-2-4-15-5-3-14/h9-12H,2-8H2,1H3. The second kappa shape index (κ2) is 4.58. The molecule has 5 heteroatoms. The summed E-state index contributed by atoms with van der Waals surface area (Å²) in [6, 6.07) is 0.643. The van der Waals surface area contributed by atoms with Gasteiger partial charge in [-0.1, -0.05) is 0 Å². The van der Waals surface area contributed by atoms with E-state index in [1.54, 1.807) is 0 Å². The summed E-state index contributed by atoms with van der Waals surface area (Å²) in [6.45, 7) is 7.23. The minimum atomic E-state index is 0.307. The van der Waals surface area contributed by atoms with Crippen molar-refractivity contribution in [1.29, 1.82) is 0 Å². The number of hydrogen-bond acceptors (Lipinski definition) is 5. The summed E-state index contributed by atoms with van der Waals surface area (Å²) in [5, 5.41) is 3.54. The Kier molecular flexibility index (Phi) is 3.13. The summed E-state index contributed by atoms with van der Waals surface area (Å²) in [4.78, 5) is 4.75. The average molecular weight is 227 g/mol. The van der Waals surface area contributed by atoms with Gasteiger partial charge in [0, 0.05) is 38.8 Å². The lowest BCUT2D eigenvalue weighted by Gasteiger charge is -2.36. The molecular formula is C11H21N3O2. The van der Waals surface area contributed by atoms with Crippen LogP contribution in [0.15, 0.2) is 0 Å². The molecular weight excluding hydrogens is 206 g/mol. The van der Waals surface area contributed by atoms with E-state index in [2.05, 4.69) is 22.2 Å². The van der Waals surface area contributed by atoms with Crippen LogP contribution in [0.2, 0.25) is 0 Å². The van der Waals surface area contributed by atoms with Gasteiger partial charge in [-0.3, -0.25) is 10.2 Å². The van der Waals surface area contributed by atoms with Gasteiger partial charge in [0.15, 0.2) is 0 Å². The van der Waals surface area contributed by atoms with Crippen molar-refractivity contribution in [2.75, 3.05) is 53.0 Å². The van der Waals surface area contributed by atoms with Crippen LogP contribution >= 0.6 is 0 Å². The van der Waals surface area contributed by atoms with E-state index < -0.39 is 0 Å². The van der Waals surface area contributed by atoms with Gasteiger partial charge in [-0.15, -0.1) is 0 Å². The third-order valence-corrected chi connectivity index (χ3v) is 3.59. The Bertz CT molecular complexity index is 239. The lowest BCUT2D eigenvalue weighted by molar-refractivity contribution is 0.0349. The lowest BCUT2D eigenvalue weighted by atomic mass is 10.1. The lowest BCUT2D eigenvalue weighted by Crippen LogP contribution is -2.57. The highest BCUT2D eigenvalue weighted by atomic mass is 16.6. The number of epoxide rings is 1. The van der Waals surface area contributed by atoms with Gasteiger partial charge in [0.25, 0.3) is 0 Å². The number of rotatable bonds is 4. The highest BCUT2D eigenvalue weighted by Crippen LogP contribution is 2.22. The van der Waals surface area contributed by atoms with Crippen molar-refractivity contribution in [2.24, 2.45) is 0 Å². The van der Waals surface area contributed by atoms with Crippen LogP contribution in [-0.2, 0) is 9.47 Å². The van der Waals surface area contributed by atoms with Gasteiger partial charge < -0.3 is 14.4 Å². The predicted molar refractivity (Wildman–Crippen MR) is 60.3 cm³/mol. The Morgan fingerprint density at radius 2 is 2.00 bits per heavy atom. The Balaban J connectivity index is 1.33. The fourth-order valence-electron chi connectivity index (χ4n) is 2.50. The highest BCUT2D eigenvalue weighted by Gasteiger charge is 2.42. The van der Waals surface area contributed by atoms with Crippen molar-refractivity contribution in [3.63, 3.8) is 0 Å². The normalized spacial score (nSPS) is 37.3. The molecule has 0 bridgehead atoms. The smallest absolute Gasteiger partial charge is 0.136 e. The van der Waals surface area contributed by atoms with Gasteiger partial charge in [0.2, 0.25) is 0 Å². The first kappa shape index (κ1) is 10.9. The third-order valence-electron chi connectivity index (χ3n) is 3.59. The Morgan fingerprint density at radius 1 is 1.25 bits per heavy atom. The van der Waals surface area contributed by atoms with Crippen molar-refractivity contribution in [3.8, 4) is 0 Å². The molecule has 0 saturated carbocycles. The summed E-state index contributed by atoms with van der Waals surface area (Å²) >= 11 is 0. The molecule has 0 radical (unpaired) electrons. The first-order valence-electron chi connectivity index (χ1n) is 6.21. The predicted octanol–water partition coefficient (Wildman–Crippen LogP) is -1.05. The van der Waals surface area contributed by atoms with Crippen LogP contribution in [0, 0.1) is 0 Å². The van der Waals surface area contributed by atoms with Crippen molar-refractivity contribution in [3.05, 3.63) is 0 Å². The van der Waals surface area contributed by atoms with Crippen LogP contribution in [0.25, 0.3) is 0 Å². The summed E-state index contributed by atoms with van der Waals surface area (Å²) in [5.41, 5.74) is 0. The summed E-state index contributed by atoms with van der Waals surface area (Å²) in [6.07, 6.45) is 0.713. The number of morpholine rings is 1. The van der Waals surface area contributed by atoms with Crippen LogP contribution in [0.3, 0.4) is 0 Å². The highest BCUT2D eigenvalue weighted by molar-refractivity contribution is 4.93. The fourth-order valence-corrected chi connectivity index (χ4v) is 2.50. The van der Waals surface area contributed by atoms with Crippen LogP contribution < -0.4 is 5.32 Å². The molecule has 3 saturated heterocycles. The molecule has 0 spiro atoms. The number of ether oxygens (including phenoxy) is 2. The molecule has 0 aliphatic carbocycles. The Labute approximate surface area is 96.7 Å². The van der Waals surface area contributed by atoms with Crippen molar-refractivity contribution in [2.45, 2.75) is 18.4 Å². The molecule has 0 amide bonds. The largest absolute Gasteiger partial charge is 0.379 e.